The minimum atomic E-state index is -0.0156. The highest BCUT2D eigenvalue weighted by atomic mass is 16.7. The van der Waals surface area contributed by atoms with E-state index in [9.17, 15) is 14.4 Å². The summed E-state index contributed by atoms with van der Waals surface area (Å²) in [6, 6.07) is 46.0. The Morgan fingerprint density at radius 2 is 0.796 bits per heavy atom. The average Bonchev–Trinajstić information content (AvgIpc) is 1.68. The fourth-order valence-corrected chi connectivity index (χ4v) is 14.2. The van der Waals surface area contributed by atoms with Crippen molar-refractivity contribution in [1.82, 2.24) is 14.7 Å². The number of fused-ring (bicyclic) bond motifs is 7. The first-order chi connectivity index (χ1) is 45.3. The van der Waals surface area contributed by atoms with Crippen molar-refractivity contribution in [3.8, 4) is 51.7 Å². The molecule has 3 fully saturated rings. The molecule has 7 heterocycles. The minimum absolute atomic E-state index is 0.000622. The molecule has 0 unspecified atom stereocenters. The standard InChI is InChI=1S/C29H32N2O4.C23H26N2O4.C23H28N2O4/c1-33-27-16-22(7-10-26(27)34-19-21-5-3-2-4-6-21)17-28(32)31-13-11-29(12-14-31)20-35-25-9-8-23(18-30)15-24(25)29;24-13-17-2-4-19-18(11-17)23(14-27-19)7-9-25(10-8-23)22(26)6-3-16-1-5-20-21(12-16)29-15-28-20;1-27-20-6-3-16(12-21(20)28-2)13-22(26)25-9-7-23(8-10-25)15-29-19-5-4-17(14-24)11-18(19)23/h2-10,15-16H,11-14,17-20,30H2,1H3;1-2,4-5,11-12H,3,6-10,13-15,24H2;3-6,11-12H,7-10,13-15,24H2,1-2H3. The van der Waals surface area contributed by atoms with Crippen molar-refractivity contribution in [2.45, 2.75) is 107 Å². The Labute approximate surface area is 545 Å². The Morgan fingerprint density at radius 3 is 1.25 bits per heavy atom. The van der Waals surface area contributed by atoms with Gasteiger partial charge in [-0.1, -0.05) is 84.9 Å². The van der Waals surface area contributed by atoms with Crippen LogP contribution in [0, 0.1) is 0 Å². The second-order valence-electron chi connectivity index (χ2n) is 25.4. The summed E-state index contributed by atoms with van der Waals surface area (Å²) in [4.78, 5) is 44.7. The normalized spacial score (nSPS) is 17.1. The predicted molar refractivity (Wildman–Crippen MR) is 354 cm³/mol. The molecule has 0 aliphatic carbocycles. The lowest BCUT2D eigenvalue weighted by atomic mass is 9.74. The van der Waals surface area contributed by atoms with Gasteiger partial charge in [-0.2, -0.15) is 0 Å². The fraction of sp³-hybridized carbons (Fsp3) is 0.400. The number of carbonyl (C=O) groups is 3. The molecule has 93 heavy (non-hydrogen) atoms. The second kappa shape index (κ2) is 28.5. The molecule has 7 aliphatic rings. The lowest BCUT2D eigenvalue weighted by molar-refractivity contribution is -0.133. The zero-order chi connectivity index (χ0) is 64.5. The van der Waals surface area contributed by atoms with Gasteiger partial charge in [0.05, 0.1) is 54.0 Å². The summed E-state index contributed by atoms with van der Waals surface area (Å²) in [5.41, 5.74) is 28.7. The van der Waals surface area contributed by atoms with Gasteiger partial charge < -0.3 is 74.5 Å². The van der Waals surface area contributed by atoms with Crippen LogP contribution in [0.2, 0.25) is 0 Å². The molecule has 7 aromatic carbocycles. The number of hydrogen-bond donors (Lipinski definition) is 3. The lowest BCUT2D eigenvalue weighted by Crippen LogP contribution is -2.46. The van der Waals surface area contributed by atoms with Crippen molar-refractivity contribution >= 4 is 17.7 Å². The van der Waals surface area contributed by atoms with Crippen molar-refractivity contribution < 1.29 is 57.0 Å². The zero-order valence-electron chi connectivity index (χ0n) is 53.7. The van der Waals surface area contributed by atoms with Crippen molar-refractivity contribution in [2.75, 3.05) is 87.2 Å². The Morgan fingerprint density at radius 1 is 0.398 bits per heavy atom. The van der Waals surface area contributed by atoms with Gasteiger partial charge >= 0.3 is 0 Å². The lowest BCUT2D eigenvalue weighted by Gasteiger charge is -2.38. The molecule has 0 atom stereocenters. The second-order valence-corrected chi connectivity index (χ2v) is 25.4. The van der Waals surface area contributed by atoms with Crippen LogP contribution in [0.4, 0.5) is 0 Å². The van der Waals surface area contributed by atoms with Gasteiger partial charge in [0.25, 0.3) is 0 Å². The van der Waals surface area contributed by atoms with Crippen molar-refractivity contribution in [2.24, 2.45) is 17.2 Å². The number of nitrogens with two attached hydrogens (primary N) is 3. The van der Waals surface area contributed by atoms with Gasteiger partial charge in [-0.15, -0.1) is 0 Å². The van der Waals surface area contributed by atoms with Gasteiger partial charge in [-0.25, -0.2) is 0 Å². The molecular formula is C75H86N6O12. The Hall–Kier alpha value is -8.97. The fourth-order valence-electron chi connectivity index (χ4n) is 14.2. The summed E-state index contributed by atoms with van der Waals surface area (Å²) in [6.07, 6.45) is 7.40. The monoisotopic (exact) mass is 1260 g/mol. The van der Waals surface area contributed by atoms with Crippen LogP contribution in [0.3, 0.4) is 0 Å². The summed E-state index contributed by atoms with van der Waals surface area (Å²) in [6.45, 7) is 8.87. The summed E-state index contributed by atoms with van der Waals surface area (Å²) in [5.74, 6) is 7.56. The quantitative estimate of drug-likeness (QED) is 0.0820. The maximum atomic E-state index is 13.1. The molecule has 7 aromatic rings. The first kappa shape index (κ1) is 64.1. The number of carbonyl (C=O) groups excluding carboxylic acids is 3. The van der Waals surface area contributed by atoms with Crippen LogP contribution in [0.5, 0.6) is 51.7 Å². The van der Waals surface area contributed by atoms with Gasteiger partial charge in [-0.05, 0) is 138 Å². The molecule has 6 N–H and O–H groups in total. The summed E-state index contributed by atoms with van der Waals surface area (Å²) in [7, 11) is 4.83. The molecule has 14 rings (SSSR count). The molecule has 488 valence electrons. The number of benzene rings is 7. The Kier molecular flexibility index (Phi) is 19.7. The van der Waals surface area contributed by atoms with Crippen LogP contribution in [0.1, 0.15) is 101 Å². The summed E-state index contributed by atoms with van der Waals surface area (Å²) < 4.78 is 50.8. The number of piperidine rings is 3. The van der Waals surface area contributed by atoms with Gasteiger partial charge in [0.2, 0.25) is 24.5 Å². The van der Waals surface area contributed by atoms with E-state index in [-0.39, 0.29) is 40.8 Å². The number of nitrogens with zero attached hydrogens (tertiary/aromatic N) is 3. The predicted octanol–water partition coefficient (Wildman–Crippen LogP) is 9.65. The number of likely N-dealkylation sites (tertiary alicyclic amines) is 3. The largest absolute Gasteiger partial charge is 0.493 e. The van der Waals surface area contributed by atoms with Crippen LogP contribution < -0.4 is 59.8 Å². The highest BCUT2D eigenvalue weighted by Gasteiger charge is 2.46. The van der Waals surface area contributed by atoms with Crippen LogP contribution in [0.15, 0.2) is 140 Å². The summed E-state index contributed by atoms with van der Waals surface area (Å²) >= 11 is 0. The third-order valence-corrected chi connectivity index (χ3v) is 20.0. The summed E-state index contributed by atoms with van der Waals surface area (Å²) in [5, 5.41) is 0. The van der Waals surface area contributed by atoms with E-state index < -0.39 is 0 Å². The van der Waals surface area contributed by atoms with Crippen LogP contribution in [-0.2, 0) is 76.1 Å². The molecule has 3 spiro atoms. The van der Waals surface area contributed by atoms with Gasteiger partial charge in [0.15, 0.2) is 34.5 Å². The van der Waals surface area contributed by atoms with E-state index in [0.29, 0.717) is 94.7 Å². The highest BCUT2D eigenvalue weighted by molar-refractivity contribution is 5.80. The SMILES string of the molecule is COc1cc(CC(=O)N2CCC3(CC2)COc2ccc(CN)cc23)ccc1OCc1ccccc1.COc1ccc(CC(=O)N2CCC3(CC2)COc2ccc(CN)cc23)cc1OC.NCc1ccc2c(c1)C1(CCN(C(=O)CCc3ccc4c(c3)OCO4)CC1)CO2. The first-order valence-electron chi connectivity index (χ1n) is 32.5. The smallest absolute Gasteiger partial charge is 0.231 e. The van der Waals surface area contributed by atoms with E-state index in [0.717, 1.165) is 145 Å². The van der Waals surface area contributed by atoms with Gasteiger partial charge in [-0.3, -0.25) is 14.4 Å². The van der Waals surface area contributed by atoms with E-state index in [1.165, 1.54) is 16.7 Å². The third kappa shape index (κ3) is 14.0. The van der Waals surface area contributed by atoms with Crippen LogP contribution >= 0.6 is 0 Å². The molecule has 18 nitrogen and oxygen atoms in total. The third-order valence-electron chi connectivity index (χ3n) is 20.0. The van der Waals surface area contributed by atoms with Crippen molar-refractivity contribution in [3.05, 3.63) is 195 Å². The van der Waals surface area contributed by atoms with Crippen LogP contribution in [-0.4, -0.2) is 120 Å². The molecule has 0 saturated carbocycles. The highest BCUT2D eigenvalue weighted by Crippen LogP contribution is 2.49. The number of aryl methyl sites for hydroxylation is 1. The molecule has 0 radical (unpaired) electrons. The van der Waals surface area contributed by atoms with Crippen LogP contribution in [0.25, 0.3) is 0 Å². The minimum Gasteiger partial charge on any atom is -0.493 e. The van der Waals surface area contributed by atoms with E-state index in [1.807, 2.05) is 136 Å². The topological polar surface area (TPSA) is 222 Å². The van der Waals surface area contributed by atoms with Crippen molar-refractivity contribution in [1.29, 1.82) is 0 Å². The molecule has 3 amide bonds. The Bertz CT molecular complexity index is 3800. The van der Waals surface area contributed by atoms with E-state index in [2.05, 4.69) is 18.2 Å². The number of ether oxygens (including phenoxy) is 9. The van der Waals surface area contributed by atoms with E-state index in [1.54, 1.807) is 21.3 Å². The zero-order valence-corrected chi connectivity index (χ0v) is 53.7. The molecule has 3 saturated heterocycles. The number of rotatable bonds is 16. The first-order valence-corrected chi connectivity index (χ1v) is 32.5. The molecule has 18 heteroatoms. The van der Waals surface area contributed by atoms with Crippen molar-refractivity contribution in [3.63, 3.8) is 0 Å². The van der Waals surface area contributed by atoms with Gasteiger partial charge in [0.1, 0.15) is 23.9 Å². The molecular weight excluding hydrogens is 1180 g/mol. The molecule has 0 bridgehead atoms. The van der Waals surface area contributed by atoms with Gasteiger partial charge in [0, 0.05) is 98.3 Å². The average molecular weight is 1260 g/mol. The number of hydrogen-bond acceptors (Lipinski definition) is 15. The molecule has 0 aromatic heterocycles. The van der Waals surface area contributed by atoms with E-state index >= 15 is 0 Å². The maximum absolute atomic E-state index is 13.1. The molecule has 7 aliphatic heterocycles. The number of methoxy groups -OCH3 is 3. The Balaban J connectivity index is 0.000000135. The van der Waals surface area contributed by atoms with E-state index in [4.69, 9.17) is 59.8 Å². The maximum Gasteiger partial charge on any atom is 0.231 e. The number of amides is 3.